The summed E-state index contributed by atoms with van der Waals surface area (Å²) in [4.78, 5) is 12.6. The number of anilines is 1. The highest BCUT2D eigenvalue weighted by molar-refractivity contribution is 7.98. The zero-order valence-electron chi connectivity index (χ0n) is 13.0. The number of amides is 1. The van der Waals surface area contributed by atoms with Gasteiger partial charge in [0.1, 0.15) is 11.6 Å². The van der Waals surface area contributed by atoms with E-state index in [1.54, 1.807) is 52.8 Å². The molecule has 0 unspecified atom stereocenters. The van der Waals surface area contributed by atoms with Gasteiger partial charge in [-0.25, -0.2) is 9.07 Å². The van der Waals surface area contributed by atoms with E-state index in [1.165, 1.54) is 12.1 Å². The molecule has 4 nitrogen and oxygen atoms in total. The Kier molecular flexibility index (Phi) is 4.23. The maximum Gasteiger partial charge on any atom is 0.256 e. The van der Waals surface area contributed by atoms with Crippen LogP contribution in [0.4, 0.5) is 10.2 Å². The maximum absolute atomic E-state index is 13.2. The number of hydrogen-bond donors (Lipinski definition) is 1. The zero-order valence-corrected chi connectivity index (χ0v) is 14.6. The Hall–Kier alpha value is -2.31. The Bertz CT molecular complexity index is 938. The molecule has 1 N–H and O–H groups in total. The van der Waals surface area contributed by atoms with Crippen molar-refractivity contribution in [2.45, 2.75) is 11.5 Å². The van der Waals surface area contributed by atoms with Crippen LogP contribution in [0, 0.1) is 5.82 Å². The molecule has 0 aliphatic carbocycles. The molecule has 2 aromatic carbocycles. The molecular weight excluding hydrogens is 361 g/mol. The fraction of sp³-hybridized carbons (Fsp3) is 0.111. The SMILES string of the molecule is O=C(Nc1c2c(nn1-c1ccc(F)cc1)CSC2)c1ccc(Cl)cc1. The van der Waals surface area contributed by atoms with Crippen molar-refractivity contribution in [1.29, 1.82) is 0 Å². The third-order valence-electron chi connectivity index (χ3n) is 3.96. The normalized spacial score (nSPS) is 12.9. The number of aromatic nitrogens is 2. The summed E-state index contributed by atoms with van der Waals surface area (Å²) in [5.74, 6) is 1.66. The first kappa shape index (κ1) is 16.2. The summed E-state index contributed by atoms with van der Waals surface area (Å²) in [6.45, 7) is 0. The highest BCUT2D eigenvalue weighted by atomic mass is 35.5. The van der Waals surface area contributed by atoms with Gasteiger partial charge in [-0.05, 0) is 48.5 Å². The molecule has 0 saturated heterocycles. The van der Waals surface area contributed by atoms with Gasteiger partial charge in [0.2, 0.25) is 0 Å². The first-order chi connectivity index (χ1) is 12.1. The molecule has 1 amide bonds. The lowest BCUT2D eigenvalue weighted by molar-refractivity contribution is 0.102. The fourth-order valence-electron chi connectivity index (χ4n) is 2.69. The van der Waals surface area contributed by atoms with Gasteiger partial charge in [-0.3, -0.25) is 4.79 Å². The van der Waals surface area contributed by atoms with E-state index in [9.17, 15) is 9.18 Å². The van der Waals surface area contributed by atoms with Crippen molar-refractivity contribution in [3.63, 3.8) is 0 Å². The molecule has 25 heavy (non-hydrogen) atoms. The third kappa shape index (κ3) is 3.15. The van der Waals surface area contributed by atoms with Gasteiger partial charge < -0.3 is 5.32 Å². The van der Waals surface area contributed by atoms with Crippen LogP contribution in [-0.4, -0.2) is 15.7 Å². The van der Waals surface area contributed by atoms with Crippen LogP contribution in [0.25, 0.3) is 5.69 Å². The van der Waals surface area contributed by atoms with Crippen molar-refractivity contribution in [3.8, 4) is 5.69 Å². The standard InChI is InChI=1S/C18H13ClFN3OS/c19-12-3-1-11(2-4-12)18(24)21-17-15-9-25-10-16(15)22-23(17)14-7-5-13(20)6-8-14/h1-8H,9-10H2,(H,21,24). The Morgan fingerprint density at radius 1 is 1.12 bits per heavy atom. The molecule has 0 bridgehead atoms. The topological polar surface area (TPSA) is 46.9 Å². The smallest absolute Gasteiger partial charge is 0.256 e. The van der Waals surface area contributed by atoms with E-state index >= 15 is 0 Å². The van der Waals surface area contributed by atoms with Crippen LogP contribution in [0.2, 0.25) is 5.02 Å². The van der Waals surface area contributed by atoms with Crippen LogP contribution in [-0.2, 0) is 11.5 Å². The molecule has 3 aromatic rings. The monoisotopic (exact) mass is 373 g/mol. The molecule has 2 heterocycles. The number of fused-ring (bicyclic) bond motifs is 1. The van der Waals surface area contributed by atoms with E-state index in [1.807, 2.05) is 0 Å². The Morgan fingerprint density at radius 2 is 1.84 bits per heavy atom. The maximum atomic E-state index is 13.2. The Morgan fingerprint density at radius 3 is 2.56 bits per heavy atom. The minimum Gasteiger partial charge on any atom is -0.306 e. The number of nitrogens with zero attached hydrogens (tertiary/aromatic N) is 2. The van der Waals surface area contributed by atoms with Crippen LogP contribution in [0.15, 0.2) is 48.5 Å². The minimum atomic E-state index is -0.314. The van der Waals surface area contributed by atoms with E-state index < -0.39 is 0 Å². The van der Waals surface area contributed by atoms with E-state index in [2.05, 4.69) is 10.4 Å². The quantitative estimate of drug-likeness (QED) is 0.726. The van der Waals surface area contributed by atoms with Gasteiger partial charge >= 0.3 is 0 Å². The molecule has 0 fully saturated rings. The summed E-state index contributed by atoms with van der Waals surface area (Å²) >= 11 is 7.62. The van der Waals surface area contributed by atoms with Gasteiger partial charge in [0, 0.05) is 27.7 Å². The predicted octanol–water partition coefficient (Wildman–Crippen LogP) is 4.66. The molecule has 1 aliphatic rings. The molecule has 7 heteroatoms. The van der Waals surface area contributed by atoms with E-state index in [0.717, 1.165) is 22.8 Å². The summed E-state index contributed by atoms with van der Waals surface area (Å²) in [5.41, 5.74) is 3.17. The zero-order chi connectivity index (χ0) is 17.4. The number of carbonyl (C=O) groups is 1. The molecule has 1 aromatic heterocycles. The number of rotatable bonds is 3. The summed E-state index contributed by atoms with van der Waals surface area (Å²) < 4.78 is 14.9. The van der Waals surface area contributed by atoms with Crippen LogP contribution < -0.4 is 5.32 Å². The van der Waals surface area contributed by atoms with E-state index in [4.69, 9.17) is 11.6 Å². The van der Waals surface area contributed by atoms with Crippen molar-refractivity contribution in [2.24, 2.45) is 0 Å². The molecule has 0 saturated carbocycles. The second-order valence-electron chi connectivity index (χ2n) is 5.62. The van der Waals surface area contributed by atoms with Crippen LogP contribution >= 0.6 is 23.4 Å². The number of benzene rings is 2. The van der Waals surface area contributed by atoms with E-state index in [0.29, 0.717) is 22.1 Å². The molecule has 0 spiro atoms. The second kappa shape index (κ2) is 6.54. The van der Waals surface area contributed by atoms with Crippen molar-refractivity contribution >= 4 is 35.1 Å². The van der Waals surface area contributed by atoms with Crippen LogP contribution in [0.5, 0.6) is 0 Å². The Labute approximate surface area is 153 Å². The van der Waals surface area contributed by atoms with Crippen molar-refractivity contribution < 1.29 is 9.18 Å². The highest BCUT2D eigenvalue weighted by Crippen LogP contribution is 2.36. The number of hydrogen-bond acceptors (Lipinski definition) is 3. The van der Waals surface area contributed by atoms with E-state index in [-0.39, 0.29) is 11.7 Å². The first-order valence-corrected chi connectivity index (χ1v) is 9.16. The lowest BCUT2D eigenvalue weighted by Crippen LogP contribution is -2.16. The van der Waals surface area contributed by atoms with Gasteiger partial charge in [0.25, 0.3) is 5.91 Å². The molecule has 0 atom stereocenters. The van der Waals surface area contributed by atoms with Gasteiger partial charge in [0.05, 0.1) is 11.4 Å². The summed E-state index contributed by atoms with van der Waals surface area (Å²) in [6, 6.07) is 12.7. The van der Waals surface area contributed by atoms with Crippen LogP contribution in [0.3, 0.4) is 0 Å². The highest BCUT2D eigenvalue weighted by Gasteiger charge is 2.25. The summed E-state index contributed by atoms with van der Waals surface area (Å²) in [7, 11) is 0. The number of thioether (sulfide) groups is 1. The van der Waals surface area contributed by atoms with Crippen molar-refractivity contribution in [2.75, 3.05) is 5.32 Å². The first-order valence-electron chi connectivity index (χ1n) is 7.63. The molecule has 1 aliphatic heterocycles. The lowest BCUT2D eigenvalue weighted by Gasteiger charge is -2.11. The number of halogens is 2. The van der Waals surface area contributed by atoms with Crippen molar-refractivity contribution in [3.05, 3.63) is 76.2 Å². The van der Waals surface area contributed by atoms with Crippen LogP contribution in [0.1, 0.15) is 21.6 Å². The van der Waals surface area contributed by atoms with Gasteiger partial charge in [-0.2, -0.15) is 16.9 Å². The molecule has 126 valence electrons. The third-order valence-corrected chi connectivity index (χ3v) is 5.18. The Balaban J connectivity index is 1.72. The second-order valence-corrected chi connectivity index (χ2v) is 7.04. The van der Waals surface area contributed by atoms with Crippen molar-refractivity contribution in [1.82, 2.24) is 9.78 Å². The number of nitrogens with one attached hydrogen (secondary N) is 1. The molecular formula is C18H13ClFN3OS. The lowest BCUT2D eigenvalue weighted by atomic mass is 10.2. The predicted molar refractivity (Wildman–Crippen MR) is 97.9 cm³/mol. The summed E-state index contributed by atoms with van der Waals surface area (Å²) in [5, 5.41) is 8.11. The average molecular weight is 374 g/mol. The molecule has 0 radical (unpaired) electrons. The average Bonchev–Trinajstić information content (AvgIpc) is 3.19. The largest absolute Gasteiger partial charge is 0.306 e. The van der Waals surface area contributed by atoms with Gasteiger partial charge in [0.15, 0.2) is 0 Å². The van der Waals surface area contributed by atoms with Gasteiger partial charge in [-0.1, -0.05) is 11.6 Å². The summed E-state index contributed by atoms with van der Waals surface area (Å²) in [6.07, 6.45) is 0. The number of carbonyl (C=O) groups excluding carboxylic acids is 1. The fourth-order valence-corrected chi connectivity index (χ4v) is 3.85. The molecule has 4 rings (SSSR count). The van der Waals surface area contributed by atoms with Gasteiger partial charge in [-0.15, -0.1) is 0 Å². The minimum absolute atomic E-state index is 0.236.